The van der Waals surface area contributed by atoms with Gasteiger partial charge in [-0.25, -0.2) is 0 Å². The lowest BCUT2D eigenvalue weighted by molar-refractivity contribution is 0.346. The van der Waals surface area contributed by atoms with Gasteiger partial charge >= 0.3 is 0 Å². The molecule has 0 fully saturated rings. The first-order valence-corrected chi connectivity index (χ1v) is 4.77. The first-order chi connectivity index (χ1) is 4.35. The van der Waals surface area contributed by atoms with Crippen molar-refractivity contribution in [3.8, 4) is 0 Å². The Balaban J connectivity index is 3.18. The summed E-state index contributed by atoms with van der Waals surface area (Å²) in [6.07, 6.45) is 1.24. The molecule has 0 aromatic heterocycles. The summed E-state index contributed by atoms with van der Waals surface area (Å²) in [5.74, 6) is 0. The van der Waals surface area contributed by atoms with E-state index in [4.69, 9.17) is 4.43 Å². The summed E-state index contributed by atoms with van der Waals surface area (Å²) in [5, 5.41) is 0. The van der Waals surface area contributed by atoms with Gasteiger partial charge in [-0.3, -0.25) is 0 Å². The Morgan fingerprint density at radius 2 is 2.11 bits per heavy atom. The van der Waals surface area contributed by atoms with Crippen molar-refractivity contribution in [2.24, 2.45) is 0 Å². The molecule has 0 amide bonds. The summed E-state index contributed by atoms with van der Waals surface area (Å²) in [6, 6.07) is 0. The molecule has 0 aromatic carbocycles. The minimum absolute atomic E-state index is 0.342. The van der Waals surface area contributed by atoms with Crippen LogP contribution in [-0.4, -0.2) is 34.7 Å². The maximum absolute atomic E-state index is 5.11. The summed E-state index contributed by atoms with van der Waals surface area (Å²) in [7, 11) is 1.45. The van der Waals surface area contributed by atoms with Crippen LogP contribution in [0.1, 0.15) is 20.3 Å². The van der Waals surface area contributed by atoms with E-state index in [0.29, 0.717) is 0 Å². The van der Waals surface area contributed by atoms with E-state index in [2.05, 4.69) is 18.4 Å². The third kappa shape index (κ3) is 4.63. The van der Waals surface area contributed by atoms with E-state index in [1.54, 1.807) is 7.11 Å². The molecule has 0 saturated heterocycles. The zero-order chi connectivity index (χ0) is 7.11. The lowest BCUT2D eigenvalue weighted by Crippen LogP contribution is -2.29. The van der Waals surface area contributed by atoms with Crippen LogP contribution in [0, 0.1) is 0 Å². The molecule has 0 aliphatic rings. The van der Waals surface area contributed by atoms with E-state index in [1.165, 1.54) is 13.0 Å². The summed E-state index contributed by atoms with van der Waals surface area (Å²) in [6.45, 7) is 6.73. The maximum Gasteiger partial charge on any atom is 0.238 e. The highest BCUT2D eigenvalue weighted by atomic mass is 28.2. The molecular formula is C6H17NOSi. The lowest BCUT2D eigenvalue weighted by atomic mass is 10.5. The standard InChI is InChI=1S/C6H17NOSi/c1-4-6-7(5-2)9-8-3/h4-6,9H2,1-3H3. The fourth-order valence-electron chi connectivity index (χ4n) is 0.813. The topological polar surface area (TPSA) is 12.5 Å². The van der Waals surface area contributed by atoms with Crippen molar-refractivity contribution in [2.45, 2.75) is 20.3 Å². The smallest absolute Gasteiger partial charge is 0.238 e. The van der Waals surface area contributed by atoms with Crippen LogP contribution in [0.15, 0.2) is 0 Å². The van der Waals surface area contributed by atoms with Crippen LogP contribution >= 0.6 is 0 Å². The molecule has 0 radical (unpaired) electrons. The van der Waals surface area contributed by atoms with Crippen LogP contribution in [0.5, 0.6) is 0 Å². The molecule has 0 N–H and O–H groups in total. The molecule has 56 valence electrons. The van der Waals surface area contributed by atoms with E-state index in [9.17, 15) is 0 Å². The zero-order valence-electron chi connectivity index (χ0n) is 6.68. The van der Waals surface area contributed by atoms with Crippen LogP contribution in [-0.2, 0) is 4.43 Å². The first kappa shape index (κ1) is 9.14. The average molecular weight is 147 g/mol. The van der Waals surface area contributed by atoms with Crippen molar-refractivity contribution in [3.05, 3.63) is 0 Å². The van der Waals surface area contributed by atoms with Crippen molar-refractivity contribution < 1.29 is 4.43 Å². The predicted molar refractivity (Wildman–Crippen MR) is 43.1 cm³/mol. The molecule has 0 spiro atoms. The molecule has 0 atom stereocenters. The quantitative estimate of drug-likeness (QED) is 0.521. The fraction of sp³-hybridized carbons (Fsp3) is 1.00. The van der Waals surface area contributed by atoms with Gasteiger partial charge in [0.05, 0.1) is 0 Å². The molecule has 0 heterocycles. The van der Waals surface area contributed by atoms with E-state index in [0.717, 1.165) is 6.54 Å². The molecule has 0 aromatic rings. The van der Waals surface area contributed by atoms with Gasteiger partial charge in [0.15, 0.2) is 0 Å². The molecule has 9 heavy (non-hydrogen) atoms. The Labute approximate surface area is 60.2 Å². The van der Waals surface area contributed by atoms with Crippen LogP contribution in [0.2, 0.25) is 0 Å². The van der Waals surface area contributed by atoms with Crippen molar-refractivity contribution in [2.75, 3.05) is 20.2 Å². The Hall–Kier alpha value is 0.137. The third-order valence-corrected chi connectivity index (χ3v) is 2.69. The maximum atomic E-state index is 5.11. The Kier molecular flexibility index (Phi) is 6.35. The van der Waals surface area contributed by atoms with Crippen molar-refractivity contribution in [3.63, 3.8) is 0 Å². The highest BCUT2D eigenvalue weighted by molar-refractivity contribution is 6.23. The SMILES string of the molecule is CCCN(CC)[SiH2]OC. The number of hydrogen-bond donors (Lipinski definition) is 0. The Morgan fingerprint density at radius 3 is 2.44 bits per heavy atom. The van der Waals surface area contributed by atoms with Crippen molar-refractivity contribution in [1.82, 2.24) is 4.57 Å². The minimum atomic E-state index is -0.342. The van der Waals surface area contributed by atoms with Crippen molar-refractivity contribution in [1.29, 1.82) is 0 Å². The van der Waals surface area contributed by atoms with E-state index in [1.807, 2.05) is 0 Å². The molecule has 0 saturated carbocycles. The second kappa shape index (κ2) is 6.26. The van der Waals surface area contributed by atoms with E-state index >= 15 is 0 Å². The second-order valence-corrected chi connectivity index (χ2v) is 3.86. The molecule has 0 bridgehead atoms. The summed E-state index contributed by atoms with van der Waals surface area (Å²) >= 11 is 0. The first-order valence-electron chi connectivity index (χ1n) is 3.56. The average Bonchev–Trinajstić information content (AvgIpc) is 1.88. The van der Waals surface area contributed by atoms with Gasteiger partial charge in [-0.15, -0.1) is 0 Å². The predicted octanol–water partition coefficient (Wildman–Crippen LogP) is 0.364. The summed E-state index contributed by atoms with van der Waals surface area (Å²) < 4.78 is 7.52. The second-order valence-electron chi connectivity index (χ2n) is 2.13. The molecule has 0 aliphatic carbocycles. The van der Waals surface area contributed by atoms with Gasteiger partial charge in [-0.2, -0.15) is 0 Å². The lowest BCUT2D eigenvalue weighted by Gasteiger charge is -2.16. The normalized spacial score (nSPS) is 12.0. The molecule has 2 nitrogen and oxygen atoms in total. The number of rotatable bonds is 5. The molecule has 0 unspecified atom stereocenters. The Bertz CT molecular complexity index is 55.0. The van der Waals surface area contributed by atoms with Gasteiger partial charge in [0.25, 0.3) is 0 Å². The van der Waals surface area contributed by atoms with Crippen LogP contribution < -0.4 is 0 Å². The van der Waals surface area contributed by atoms with Gasteiger partial charge in [0.2, 0.25) is 9.92 Å². The third-order valence-electron chi connectivity index (χ3n) is 1.30. The van der Waals surface area contributed by atoms with Gasteiger partial charge in [-0.05, 0) is 19.5 Å². The van der Waals surface area contributed by atoms with Gasteiger partial charge in [0, 0.05) is 7.11 Å². The molecule has 0 aliphatic heterocycles. The Morgan fingerprint density at radius 1 is 1.44 bits per heavy atom. The summed E-state index contributed by atoms with van der Waals surface area (Å²) in [5.41, 5.74) is 0. The van der Waals surface area contributed by atoms with E-state index < -0.39 is 0 Å². The summed E-state index contributed by atoms with van der Waals surface area (Å²) in [4.78, 5) is 0. The number of hydrogen-bond acceptors (Lipinski definition) is 2. The van der Waals surface area contributed by atoms with E-state index in [-0.39, 0.29) is 9.92 Å². The zero-order valence-corrected chi connectivity index (χ0v) is 8.10. The molecular weight excluding hydrogens is 130 g/mol. The van der Waals surface area contributed by atoms with Gasteiger partial charge in [0.1, 0.15) is 0 Å². The highest BCUT2D eigenvalue weighted by Crippen LogP contribution is 1.86. The van der Waals surface area contributed by atoms with Crippen molar-refractivity contribution >= 4 is 9.92 Å². The van der Waals surface area contributed by atoms with Crippen LogP contribution in [0.25, 0.3) is 0 Å². The van der Waals surface area contributed by atoms with Gasteiger partial charge < -0.3 is 8.99 Å². The monoisotopic (exact) mass is 147 g/mol. The molecule has 0 rings (SSSR count). The van der Waals surface area contributed by atoms with Crippen LogP contribution in [0.3, 0.4) is 0 Å². The largest absolute Gasteiger partial charge is 0.411 e. The number of nitrogens with zero attached hydrogens (tertiary/aromatic N) is 1. The molecule has 3 heteroatoms. The highest BCUT2D eigenvalue weighted by Gasteiger charge is 1.97. The van der Waals surface area contributed by atoms with Crippen LogP contribution in [0.4, 0.5) is 0 Å². The van der Waals surface area contributed by atoms with Gasteiger partial charge in [-0.1, -0.05) is 13.8 Å². The minimum Gasteiger partial charge on any atom is -0.411 e. The fourth-order valence-corrected chi connectivity index (χ4v) is 1.81.